The lowest BCUT2D eigenvalue weighted by atomic mass is 10.0. The Kier molecular flexibility index (Phi) is 10.8. The Hall–Kier alpha value is -6.27. The Morgan fingerprint density at radius 2 is 0.906 bits per heavy atom. The largest absolute Gasteiger partial charge is 0.439 e. The summed E-state index contributed by atoms with van der Waals surface area (Å²) in [6.45, 7) is 6.11. The fraction of sp³-hybridized carbons (Fsp3) is 0.255. The third kappa shape index (κ3) is 8.93. The SMILES string of the molecule is O=C(Oc1ccc(C(c2ccc(OC(=O)c3ccc(N(CC4CO4)CC4CO4)cc3)cc2)P2(=O)Oc3ccccc3-c3ccccc32)cc1)c1ccc(N(CC2CO2)CC2CO2)cc1. The van der Waals surface area contributed by atoms with Crippen LogP contribution in [0.2, 0.25) is 0 Å². The van der Waals surface area contributed by atoms with Crippen LogP contribution >= 0.6 is 7.37 Å². The second kappa shape index (κ2) is 17.0. The molecule has 0 bridgehead atoms. The number of ether oxygens (including phenoxy) is 6. The number of anilines is 2. The zero-order chi connectivity index (χ0) is 43.2. The van der Waals surface area contributed by atoms with E-state index >= 15 is 4.57 Å². The summed E-state index contributed by atoms with van der Waals surface area (Å²) in [4.78, 5) is 31.2. The second-order valence-corrected chi connectivity index (χ2v) is 19.1. The lowest BCUT2D eigenvalue weighted by Crippen LogP contribution is -2.31. The van der Waals surface area contributed by atoms with Gasteiger partial charge in [-0.3, -0.25) is 4.57 Å². The summed E-state index contributed by atoms with van der Waals surface area (Å²) in [5.41, 5.74) is 5.07. The van der Waals surface area contributed by atoms with E-state index in [1.807, 2.05) is 97.1 Å². The van der Waals surface area contributed by atoms with Crippen molar-refractivity contribution in [2.45, 2.75) is 30.1 Å². The molecule has 6 aromatic rings. The lowest BCUT2D eigenvalue weighted by Gasteiger charge is -2.34. The van der Waals surface area contributed by atoms with E-state index in [-0.39, 0.29) is 24.4 Å². The van der Waals surface area contributed by atoms with Crippen molar-refractivity contribution in [1.82, 2.24) is 0 Å². The smallest absolute Gasteiger partial charge is 0.343 e. The van der Waals surface area contributed by atoms with E-state index in [1.54, 1.807) is 48.5 Å². The molecule has 0 amide bonds. The third-order valence-electron chi connectivity index (χ3n) is 12.0. The summed E-state index contributed by atoms with van der Waals surface area (Å²) in [6, 6.07) is 44.0. The minimum absolute atomic E-state index is 0.219. The second-order valence-electron chi connectivity index (χ2n) is 16.7. The first-order valence-electron chi connectivity index (χ1n) is 21.6. The molecule has 13 heteroatoms. The molecule has 12 nitrogen and oxygen atoms in total. The predicted molar refractivity (Wildman–Crippen MR) is 241 cm³/mol. The van der Waals surface area contributed by atoms with E-state index in [4.69, 9.17) is 32.9 Å². The Balaban J connectivity index is 0.838. The number of hydrogen-bond donors (Lipinski definition) is 0. The standard InChI is InChI=1S/C51H45N2O10P/c54-50(35-9-17-37(18-10-35)52(25-41-29-57-41)26-42-30-58-42)61-39-21-13-33(14-22-39)49(64(56)48-8-4-2-6-46(48)45-5-1-3-7-47(45)63-64)34-15-23-40(24-16-34)62-51(55)36-11-19-38(20-12-36)53(27-43-31-59-43)28-44-32-60-44/h1-24,41-44,49H,25-32H2. The fourth-order valence-corrected chi connectivity index (χ4v) is 11.2. The molecule has 0 spiro atoms. The molecule has 11 rings (SSSR count). The van der Waals surface area contributed by atoms with Gasteiger partial charge in [-0.25, -0.2) is 9.59 Å². The third-order valence-corrected chi connectivity index (χ3v) is 14.9. The minimum atomic E-state index is -3.77. The van der Waals surface area contributed by atoms with Crippen LogP contribution in [-0.4, -0.2) is 89.0 Å². The highest BCUT2D eigenvalue weighted by Gasteiger charge is 2.45. The van der Waals surface area contributed by atoms with Gasteiger partial charge >= 0.3 is 11.9 Å². The van der Waals surface area contributed by atoms with E-state index in [9.17, 15) is 9.59 Å². The van der Waals surface area contributed by atoms with Crippen molar-refractivity contribution in [3.63, 3.8) is 0 Å². The molecule has 4 saturated heterocycles. The average molecular weight is 877 g/mol. The number of carbonyl (C=O) groups is 2. The van der Waals surface area contributed by atoms with E-state index in [1.165, 1.54) is 0 Å². The Bertz CT molecular complexity index is 2550. The van der Waals surface area contributed by atoms with Crippen molar-refractivity contribution < 1.29 is 47.1 Å². The molecule has 0 saturated carbocycles. The molecule has 0 radical (unpaired) electrons. The molecule has 5 aliphatic heterocycles. The maximum absolute atomic E-state index is 15.8. The molecule has 0 aromatic heterocycles. The molecular formula is C51H45N2O10P. The summed E-state index contributed by atoms with van der Waals surface area (Å²) in [7, 11) is -3.77. The first-order chi connectivity index (χ1) is 31.3. The molecule has 0 aliphatic carbocycles. The van der Waals surface area contributed by atoms with Gasteiger partial charge in [-0.1, -0.05) is 60.7 Å². The van der Waals surface area contributed by atoms with Crippen molar-refractivity contribution >= 4 is 36.0 Å². The van der Waals surface area contributed by atoms with Gasteiger partial charge in [0.05, 0.1) is 67.3 Å². The Labute approximate surface area is 370 Å². The zero-order valence-corrected chi connectivity index (χ0v) is 35.7. The van der Waals surface area contributed by atoms with Crippen molar-refractivity contribution in [2.75, 3.05) is 62.4 Å². The molecular weight excluding hydrogens is 832 g/mol. The number of epoxide rings is 4. The fourth-order valence-electron chi connectivity index (χ4n) is 8.35. The maximum atomic E-state index is 15.8. The highest BCUT2D eigenvalue weighted by molar-refractivity contribution is 7.68. The van der Waals surface area contributed by atoms with E-state index in [0.717, 1.165) is 75.1 Å². The summed E-state index contributed by atoms with van der Waals surface area (Å²) < 4.78 is 56.0. The molecule has 6 aromatic carbocycles. The molecule has 5 unspecified atom stereocenters. The van der Waals surface area contributed by atoms with Gasteiger partial charge in [0, 0.05) is 43.1 Å². The van der Waals surface area contributed by atoms with Gasteiger partial charge in [0.1, 0.15) is 22.9 Å². The molecule has 0 N–H and O–H groups in total. The number of rotatable bonds is 17. The van der Waals surface area contributed by atoms with Crippen LogP contribution < -0.4 is 29.1 Å². The molecule has 5 atom stereocenters. The van der Waals surface area contributed by atoms with Crippen LogP contribution in [0.5, 0.6) is 17.2 Å². The number of hydrogen-bond acceptors (Lipinski definition) is 12. The lowest BCUT2D eigenvalue weighted by molar-refractivity contribution is 0.0725. The quantitative estimate of drug-likeness (QED) is 0.0379. The van der Waals surface area contributed by atoms with Gasteiger partial charge in [0.15, 0.2) is 0 Å². The number of nitrogens with zero attached hydrogens (tertiary/aromatic N) is 2. The van der Waals surface area contributed by atoms with Crippen molar-refractivity contribution in [3.05, 3.63) is 168 Å². The van der Waals surface area contributed by atoms with Crippen LogP contribution in [0.15, 0.2) is 146 Å². The number of para-hydroxylation sites is 1. The van der Waals surface area contributed by atoms with E-state index in [0.29, 0.717) is 44.8 Å². The van der Waals surface area contributed by atoms with Gasteiger partial charge < -0.3 is 42.7 Å². The molecule has 5 aliphatic rings. The average Bonchev–Trinajstić information content (AvgIpc) is 4.09. The van der Waals surface area contributed by atoms with Crippen LogP contribution in [0, 0.1) is 0 Å². The van der Waals surface area contributed by atoms with Gasteiger partial charge in [0.2, 0.25) is 0 Å². The van der Waals surface area contributed by atoms with Crippen molar-refractivity contribution in [3.8, 4) is 28.4 Å². The Morgan fingerprint density at radius 1 is 0.516 bits per heavy atom. The van der Waals surface area contributed by atoms with Gasteiger partial charge in [-0.2, -0.15) is 0 Å². The number of benzene rings is 6. The first-order valence-corrected chi connectivity index (χ1v) is 23.3. The van der Waals surface area contributed by atoms with Crippen LogP contribution in [0.25, 0.3) is 11.1 Å². The molecule has 64 heavy (non-hydrogen) atoms. The van der Waals surface area contributed by atoms with E-state index in [2.05, 4.69) is 9.80 Å². The minimum Gasteiger partial charge on any atom is -0.439 e. The van der Waals surface area contributed by atoms with Crippen LogP contribution in [0.3, 0.4) is 0 Å². The normalized spacial score (nSPS) is 22.4. The van der Waals surface area contributed by atoms with Crippen LogP contribution in [0.1, 0.15) is 37.5 Å². The highest BCUT2D eigenvalue weighted by Crippen LogP contribution is 2.65. The van der Waals surface area contributed by atoms with Crippen molar-refractivity contribution in [2.24, 2.45) is 0 Å². The van der Waals surface area contributed by atoms with Crippen LogP contribution in [0.4, 0.5) is 11.4 Å². The molecule has 4 fully saturated rings. The predicted octanol–water partition coefficient (Wildman–Crippen LogP) is 8.09. The van der Waals surface area contributed by atoms with Crippen LogP contribution in [-0.2, 0) is 23.5 Å². The monoisotopic (exact) mass is 876 g/mol. The number of carbonyl (C=O) groups excluding carboxylic acids is 2. The Morgan fingerprint density at radius 3 is 1.33 bits per heavy atom. The van der Waals surface area contributed by atoms with E-state index < -0.39 is 25.0 Å². The zero-order valence-electron chi connectivity index (χ0n) is 34.8. The van der Waals surface area contributed by atoms with Gasteiger partial charge in [-0.05, 0) is 102 Å². The summed E-state index contributed by atoms with van der Waals surface area (Å²) in [5.74, 6) is 0.198. The first kappa shape index (κ1) is 40.5. The van der Waals surface area contributed by atoms with Crippen molar-refractivity contribution in [1.29, 1.82) is 0 Å². The molecule has 5 heterocycles. The summed E-state index contributed by atoms with van der Waals surface area (Å²) in [5, 5.41) is 0.595. The summed E-state index contributed by atoms with van der Waals surface area (Å²) >= 11 is 0. The highest BCUT2D eigenvalue weighted by atomic mass is 31.2. The molecule has 324 valence electrons. The van der Waals surface area contributed by atoms with Gasteiger partial charge in [-0.15, -0.1) is 0 Å². The maximum Gasteiger partial charge on any atom is 0.343 e. The van der Waals surface area contributed by atoms with Gasteiger partial charge in [0.25, 0.3) is 7.37 Å². The number of fused-ring (bicyclic) bond motifs is 3. The topological polar surface area (TPSA) is 136 Å². The summed E-state index contributed by atoms with van der Waals surface area (Å²) in [6.07, 6.45) is 0.875. The number of esters is 2.